The molecule has 31 heavy (non-hydrogen) atoms. The van der Waals surface area contributed by atoms with Crippen LogP contribution in [0.3, 0.4) is 0 Å². The number of hydrogen-bond acceptors (Lipinski definition) is 5. The summed E-state index contributed by atoms with van der Waals surface area (Å²) in [5.41, 5.74) is 2.74. The molecule has 0 fully saturated rings. The molecule has 0 aromatic heterocycles. The minimum Gasteiger partial charge on any atom is -0.493 e. The topological polar surface area (TPSA) is 60.0 Å². The Morgan fingerprint density at radius 1 is 1.00 bits per heavy atom. The number of carbonyl (C=O) groups is 1. The molecule has 0 atom stereocenters. The molecule has 2 rings (SSSR count). The van der Waals surface area contributed by atoms with Gasteiger partial charge < -0.3 is 24.4 Å². The van der Waals surface area contributed by atoms with Crippen LogP contribution in [0.25, 0.3) is 6.08 Å². The zero-order valence-electron chi connectivity index (χ0n) is 19.8. The molecule has 2 aromatic carbocycles. The molecule has 0 bridgehead atoms. The second-order valence-electron chi connectivity index (χ2n) is 7.04. The Bertz CT molecular complexity index is 810. The van der Waals surface area contributed by atoms with Gasteiger partial charge >= 0.3 is 0 Å². The highest BCUT2D eigenvalue weighted by molar-refractivity contribution is 5.96. The van der Waals surface area contributed by atoms with Gasteiger partial charge in [0, 0.05) is 18.7 Å². The van der Waals surface area contributed by atoms with Crippen LogP contribution in [-0.2, 0) is 0 Å². The van der Waals surface area contributed by atoms with Crippen molar-refractivity contribution in [1.82, 2.24) is 10.2 Å². The fraction of sp³-hybridized carbons (Fsp3) is 0.400. The van der Waals surface area contributed by atoms with Gasteiger partial charge in [0.05, 0.1) is 21.3 Å². The lowest BCUT2D eigenvalue weighted by Crippen LogP contribution is -2.33. The van der Waals surface area contributed by atoms with Crippen molar-refractivity contribution in [3.63, 3.8) is 0 Å². The molecule has 1 amide bonds. The van der Waals surface area contributed by atoms with Gasteiger partial charge in [-0.3, -0.25) is 4.79 Å². The lowest BCUT2D eigenvalue weighted by molar-refractivity contribution is 0.0769. The molecule has 0 heterocycles. The summed E-state index contributed by atoms with van der Waals surface area (Å²) in [5.74, 6) is 1.35. The number of nitrogens with zero attached hydrogens (tertiary/aromatic N) is 1. The van der Waals surface area contributed by atoms with Crippen LogP contribution in [0.5, 0.6) is 17.2 Å². The molecule has 0 aliphatic heterocycles. The number of methoxy groups -OCH3 is 3. The van der Waals surface area contributed by atoms with E-state index in [0.717, 1.165) is 17.6 Å². The quantitative estimate of drug-likeness (QED) is 0.637. The molecule has 0 aliphatic carbocycles. The van der Waals surface area contributed by atoms with Gasteiger partial charge in [-0.25, -0.2) is 0 Å². The van der Waals surface area contributed by atoms with Gasteiger partial charge in [-0.1, -0.05) is 48.9 Å². The number of carbonyl (C=O) groups excluding carboxylic acids is 1. The maximum atomic E-state index is 13.2. The predicted molar refractivity (Wildman–Crippen MR) is 127 cm³/mol. The number of rotatable bonds is 9. The van der Waals surface area contributed by atoms with E-state index in [1.807, 2.05) is 44.1 Å². The third-order valence-electron chi connectivity index (χ3n) is 4.35. The highest BCUT2D eigenvalue weighted by atomic mass is 16.5. The van der Waals surface area contributed by atoms with Gasteiger partial charge in [0.1, 0.15) is 0 Å². The largest absolute Gasteiger partial charge is 0.493 e. The summed E-state index contributed by atoms with van der Waals surface area (Å²) in [6.07, 6.45) is 2.97. The van der Waals surface area contributed by atoms with Crippen LogP contribution in [0.4, 0.5) is 0 Å². The fourth-order valence-corrected chi connectivity index (χ4v) is 3.09. The number of nitrogens with one attached hydrogen (secondary N) is 1. The van der Waals surface area contributed by atoms with Crippen LogP contribution in [-0.4, -0.2) is 59.3 Å². The van der Waals surface area contributed by atoms with E-state index in [-0.39, 0.29) is 5.91 Å². The van der Waals surface area contributed by atoms with Crippen LogP contribution < -0.4 is 19.5 Å². The van der Waals surface area contributed by atoms with E-state index in [9.17, 15) is 4.79 Å². The SMILES string of the molecule is CCCN(C/C(C)=C/c1ccccc1)C(=O)c1cc(OC)c(OC)c(OC)c1.CNC. The molecular formula is C25H36N2O4. The lowest BCUT2D eigenvalue weighted by Gasteiger charge is -2.24. The smallest absolute Gasteiger partial charge is 0.254 e. The first-order valence-electron chi connectivity index (χ1n) is 10.4. The van der Waals surface area contributed by atoms with Crippen molar-refractivity contribution in [2.24, 2.45) is 0 Å². The minimum absolute atomic E-state index is 0.0677. The summed E-state index contributed by atoms with van der Waals surface area (Å²) < 4.78 is 16.1. The zero-order chi connectivity index (χ0) is 23.2. The predicted octanol–water partition coefficient (Wildman–Crippen LogP) is 4.50. The molecule has 0 saturated carbocycles. The Labute approximate surface area is 186 Å². The number of benzene rings is 2. The van der Waals surface area contributed by atoms with Crippen LogP contribution in [0.2, 0.25) is 0 Å². The second-order valence-corrected chi connectivity index (χ2v) is 7.04. The summed E-state index contributed by atoms with van der Waals surface area (Å²) in [6, 6.07) is 13.5. The van der Waals surface area contributed by atoms with Gasteiger partial charge in [0.25, 0.3) is 5.91 Å². The molecule has 2 aromatic rings. The third kappa shape index (κ3) is 7.98. The summed E-state index contributed by atoms with van der Waals surface area (Å²) in [5, 5.41) is 2.75. The monoisotopic (exact) mass is 428 g/mol. The van der Waals surface area contributed by atoms with Crippen molar-refractivity contribution in [3.05, 3.63) is 59.2 Å². The Balaban J connectivity index is 0.00000151. The maximum absolute atomic E-state index is 13.2. The fourth-order valence-electron chi connectivity index (χ4n) is 3.09. The van der Waals surface area contributed by atoms with Gasteiger partial charge in [0.15, 0.2) is 11.5 Å². The van der Waals surface area contributed by atoms with Crippen LogP contribution >= 0.6 is 0 Å². The second kappa shape index (κ2) is 14.1. The molecule has 0 saturated heterocycles. The van der Waals surface area contributed by atoms with E-state index >= 15 is 0 Å². The van der Waals surface area contributed by atoms with Crippen LogP contribution in [0.15, 0.2) is 48.0 Å². The van der Waals surface area contributed by atoms with E-state index in [4.69, 9.17) is 14.2 Å². The molecule has 0 unspecified atom stereocenters. The van der Waals surface area contributed by atoms with Gasteiger partial charge in [-0.2, -0.15) is 0 Å². The van der Waals surface area contributed by atoms with Crippen LogP contribution in [0.1, 0.15) is 36.2 Å². The Morgan fingerprint density at radius 3 is 2.00 bits per heavy atom. The van der Waals surface area contributed by atoms with Gasteiger partial charge in [-0.05, 0) is 45.1 Å². The van der Waals surface area contributed by atoms with Crippen molar-refractivity contribution in [2.75, 3.05) is 48.5 Å². The Kier molecular flexibility index (Phi) is 11.8. The first kappa shape index (κ1) is 26.0. The molecule has 6 nitrogen and oxygen atoms in total. The van der Waals surface area contributed by atoms with Crippen molar-refractivity contribution in [1.29, 1.82) is 0 Å². The van der Waals surface area contributed by atoms with Crippen LogP contribution in [0, 0.1) is 0 Å². The van der Waals surface area contributed by atoms with Gasteiger partial charge in [-0.15, -0.1) is 0 Å². The maximum Gasteiger partial charge on any atom is 0.254 e. The number of ether oxygens (including phenoxy) is 3. The average Bonchev–Trinajstić information content (AvgIpc) is 2.78. The van der Waals surface area contributed by atoms with Crippen molar-refractivity contribution >= 4 is 12.0 Å². The summed E-state index contributed by atoms with van der Waals surface area (Å²) >= 11 is 0. The summed E-state index contributed by atoms with van der Waals surface area (Å²) in [4.78, 5) is 15.0. The summed E-state index contributed by atoms with van der Waals surface area (Å²) in [6.45, 7) is 5.32. The van der Waals surface area contributed by atoms with Crippen molar-refractivity contribution in [2.45, 2.75) is 20.3 Å². The van der Waals surface area contributed by atoms with E-state index in [1.165, 1.54) is 0 Å². The Hall–Kier alpha value is -2.99. The highest BCUT2D eigenvalue weighted by Gasteiger charge is 2.21. The Morgan fingerprint density at radius 2 is 1.55 bits per heavy atom. The van der Waals surface area contributed by atoms with Gasteiger partial charge in [0.2, 0.25) is 5.75 Å². The molecular weight excluding hydrogens is 392 g/mol. The normalized spacial score (nSPS) is 10.6. The van der Waals surface area contributed by atoms with E-state index < -0.39 is 0 Å². The molecule has 0 spiro atoms. The van der Waals surface area contributed by atoms with E-state index in [1.54, 1.807) is 33.5 Å². The van der Waals surface area contributed by atoms with Crippen molar-refractivity contribution in [3.8, 4) is 17.2 Å². The first-order valence-corrected chi connectivity index (χ1v) is 10.4. The standard InChI is InChI=1S/C23H29NO4.C2H7N/c1-6-12-24(16-17(2)13-18-10-8-7-9-11-18)23(25)19-14-20(26-3)22(28-5)21(15-19)27-4;1-3-2/h7-11,13-15H,6,12,16H2,1-5H3;3H,1-2H3/b17-13+;. The lowest BCUT2D eigenvalue weighted by atomic mass is 10.1. The number of amides is 1. The minimum atomic E-state index is -0.0677. The molecule has 170 valence electrons. The van der Waals surface area contributed by atoms with E-state index in [2.05, 4.69) is 30.4 Å². The molecule has 0 radical (unpaired) electrons. The van der Waals surface area contributed by atoms with Crippen molar-refractivity contribution < 1.29 is 19.0 Å². The first-order chi connectivity index (χ1) is 14.9. The third-order valence-corrected chi connectivity index (χ3v) is 4.35. The number of hydrogen-bond donors (Lipinski definition) is 1. The zero-order valence-corrected chi connectivity index (χ0v) is 19.8. The summed E-state index contributed by atoms with van der Waals surface area (Å²) in [7, 11) is 8.38. The van der Waals surface area contributed by atoms with E-state index in [0.29, 0.717) is 35.9 Å². The molecule has 1 N–H and O–H groups in total. The molecule has 6 heteroatoms. The molecule has 0 aliphatic rings. The highest BCUT2D eigenvalue weighted by Crippen LogP contribution is 2.38. The average molecular weight is 429 g/mol.